The molecule has 0 radical (unpaired) electrons. The number of hydrogen-bond acceptors (Lipinski definition) is 2. The highest BCUT2D eigenvalue weighted by Gasteiger charge is 2.39. The van der Waals surface area contributed by atoms with Crippen molar-refractivity contribution in [2.45, 2.75) is 51.1 Å². The van der Waals surface area contributed by atoms with Crippen LogP contribution in [0.5, 0.6) is 0 Å². The largest absolute Gasteiger partial charge is 0.359 e. The molecule has 1 N–H and O–H groups in total. The van der Waals surface area contributed by atoms with Gasteiger partial charge in [0.2, 0.25) is 0 Å². The fourth-order valence-electron chi connectivity index (χ4n) is 3.15. The van der Waals surface area contributed by atoms with E-state index in [2.05, 4.69) is 19.2 Å². The van der Waals surface area contributed by atoms with E-state index < -0.39 is 0 Å². The predicted molar refractivity (Wildman–Crippen MR) is 88.2 cm³/mol. The van der Waals surface area contributed by atoms with Gasteiger partial charge in [-0.25, -0.2) is 4.39 Å². The number of nitrogens with zero attached hydrogens (tertiary/aromatic N) is 1. The second-order valence-electron chi connectivity index (χ2n) is 6.54. The number of rotatable bonds is 2. The standard InChI is InChI=1S/C17H23FN2S/c1-12-7-9-17(10-8-12)11-21-16(20-17)19-13(2)14-3-5-15(18)6-4-14/h3-6,12-13H,7-11H2,1-2H3,(H,19,20). The van der Waals surface area contributed by atoms with Gasteiger partial charge in [-0.3, -0.25) is 4.99 Å². The van der Waals surface area contributed by atoms with Crippen LogP contribution in [0.2, 0.25) is 0 Å². The summed E-state index contributed by atoms with van der Waals surface area (Å²) < 4.78 is 13.0. The Morgan fingerprint density at radius 2 is 1.95 bits per heavy atom. The first kappa shape index (κ1) is 14.9. The molecule has 1 unspecified atom stereocenters. The average Bonchev–Trinajstić information content (AvgIpc) is 2.86. The maximum atomic E-state index is 13.0. The molecule has 0 aromatic heterocycles. The zero-order chi connectivity index (χ0) is 14.9. The molecule has 1 saturated heterocycles. The highest BCUT2D eigenvalue weighted by Crippen LogP contribution is 2.38. The fourth-order valence-corrected chi connectivity index (χ4v) is 4.45. The first-order valence-corrected chi connectivity index (χ1v) is 8.79. The van der Waals surface area contributed by atoms with Gasteiger partial charge in [0.1, 0.15) is 5.82 Å². The Bertz CT molecular complexity index is 518. The second-order valence-corrected chi connectivity index (χ2v) is 7.50. The maximum Gasteiger partial charge on any atom is 0.157 e. The molecule has 114 valence electrons. The minimum atomic E-state index is -0.192. The van der Waals surface area contributed by atoms with E-state index in [1.165, 1.54) is 37.8 Å². The van der Waals surface area contributed by atoms with Crippen molar-refractivity contribution in [3.63, 3.8) is 0 Å². The number of halogens is 1. The number of amidine groups is 1. The van der Waals surface area contributed by atoms with E-state index in [0.717, 1.165) is 22.4 Å². The summed E-state index contributed by atoms with van der Waals surface area (Å²) in [5.41, 5.74) is 1.34. The molecule has 1 aromatic carbocycles. The third-order valence-electron chi connectivity index (χ3n) is 4.75. The van der Waals surface area contributed by atoms with Gasteiger partial charge in [-0.1, -0.05) is 30.8 Å². The lowest BCUT2D eigenvalue weighted by atomic mass is 9.78. The zero-order valence-electron chi connectivity index (χ0n) is 12.7. The van der Waals surface area contributed by atoms with Crippen molar-refractivity contribution in [2.75, 3.05) is 5.75 Å². The topological polar surface area (TPSA) is 24.4 Å². The highest BCUT2D eigenvalue weighted by molar-refractivity contribution is 8.14. The molecule has 1 aliphatic carbocycles. The molecule has 1 aromatic rings. The quantitative estimate of drug-likeness (QED) is 0.868. The Morgan fingerprint density at radius 3 is 2.62 bits per heavy atom. The Kier molecular flexibility index (Phi) is 4.25. The average molecular weight is 306 g/mol. The first-order valence-electron chi connectivity index (χ1n) is 7.81. The second kappa shape index (κ2) is 5.99. The van der Waals surface area contributed by atoms with E-state index in [1.54, 1.807) is 0 Å². The van der Waals surface area contributed by atoms with Crippen LogP contribution in [-0.4, -0.2) is 16.5 Å². The Balaban J connectivity index is 1.66. The summed E-state index contributed by atoms with van der Waals surface area (Å²) in [5, 5.41) is 4.73. The smallest absolute Gasteiger partial charge is 0.157 e. The zero-order valence-corrected chi connectivity index (χ0v) is 13.5. The summed E-state index contributed by atoms with van der Waals surface area (Å²) in [4.78, 5) is 4.79. The lowest BCUT2D eigenvalue weighted by molar-refractivity contribution is 0.250. The van der Waals surface area contributed by atoms with E-state index in [1.807, 2.05) is 23.9 Å². The molecule has 0 bridgehead atoms. The minimum absolute atomic E-state index is 0.0678. The van der Waals surface area contributed by atoms with Gasteiger partial charge in [-0.05, 0) is 56.2 Å². The number of thioether (sulfide) groups is 1. The van der Waals surface area contributed by atoms with Crippen LogP contribution in [0.15, 0.2) is 29.3 Å². The number of hydrogen-bond donors (Lipinski definition) is 1. The Morgan fingerprint density at radius 1 is 1.29 bits per heavy atom. The third kappa shape index (κ3) is 3.42. The van der Waals surface area contributed by atoms with Gasteiger partial charge in [0, 0.05) is 11.3 Å². The van der Waals surface area contributed by atoms with E-state index in [-0.39, 0.29) is 17.4 Å². The summed E-state index contributed by atoms with van der Waals surface area (Å²) in [6.07, 6.45) is 5.14. The molecule has 1 saturated carbocycles. The fraction of sp³-hybridized carbons (Fsp3) is 0.588. The van der Waals surface area contributed by atoms with Crippen molar-refractivity contribution in [1.29, 1.82) is 0 Å². The Hall–Kier alpha value is -1.03. The molecule has 21 heavy (non-hydrogen) atoms. The summed E-state index contributed by atoms with van der Waals surface area (Å²) in [6.45, 7) is 4.41. The third-order valence-corrected chi connectivity index (χ3v) is 5.93. The molecule has 0 amide bonds. The van der Waals surface area contributed by atoms with Crippen molar-refractivity contribution in [2.24, 2.45) is 10.9 Å². The van der Waals surface area contributed by atoms with Gasteiger partial charge in [-0.2, -0.15) is 0 Å². The van der Waals surface area contributed by atoms with Gasteiger partial charge in [0.05, 0.1) is 6.04 Å². The normalized spacial score (nSPS) is 32.3. The van der Waals surface area contributed by atoms with Crippen LogP contribution in [0.25, 0.3) is 0 Å². The molecule has 1 atom stereocenters. The van der Waals surface area contributed by atoms with Crippen LogP contribution in [0.4, 0.5) is 4.39 Å². The Labute approximate surface area is 130 Å². The van der Waals surface area contributed by atoms with Crippen molar-refractivity contribution in [3.05, 3.63) is 35.6 Å². The molecular weight excluding hydrogens is 283 g/mol. The SMILES string of the molecule is CC1CCC2(CC1)CSC(=NC(C)c1ccc(F)cc1)N2. The van der Waals surface area contributed by atoms with Crippen molar-refractivity contribution in [1.82, 2.24) is 5.32 Å². The van der Waals surface area contributed by atoms with E-state index >= 15 is 0 Å². The van der Waals surface area contributed by atoms with E-state index in [4.69, 9.17) is 4.99 Å². The molecule has 4 heteroatoms. The van der Waals surface area contributed by atoms with E-state index in [9.17, 15) is 4.39 Å². The minimum Gasteiger partial charge on any atom is -0.359 e. The molecule has 2 fully saturated rings. The monoisotopic (exact) mass is 306 g/mol. The molecular formula is C17H23FN2S. The molecule has 1 heterocycles. The molecule has 2 nitrogen and oxygen atoms in total. The van der Waals surface area contributed by atoms with Crippen molar-refractivity contribution >= 4 is 16.9 Å². The van der Waals surface area contributed by atoms with Crippen molar-refractivity contribution in [3.8, 4) is 0 Å². The first-order chi connectivity index (χ1) is 10.1. The summed E-state index contributed by atoms with van der Waals surface area (Å²) >= 11 is 1.84. The van der Waals surface area contributed by atoms with Gasteiger partial charge in [0.25, 0.3) is 0 Å². The van der Waals surface area contributed by atoms with Crippen LogP contribution in [0.3, 0.4) is 0 Å². The van der Waals surface area contributed by atoms with E-state index in [0.29, 0.717) is 0 Å². The lowest BCUT2D eigenvalue weighted by Crippen LogP contribution is -2.46. The summed E-state index contributed by atoms with van der Waals surface area (Å²) in [7, 11) is 0. The summed E-state index contributed by atoms with van der Waals surface area (Å²) in [5.74, 6) is 1.80. The lowest BCUT2D eigenvalue weighted by Gasteiger charge is -2.35. The van der Waals surface area contributed by atoms with Crippen LogP contribution in [0.1, 0.15) is 51.1 Å². The highest BCUT2D eigenvalue weighted by atomic mass is 32.2. The van der Waals surface area contributed by atoms with Gasteiger partial charge < -0.3 is 5.32 Å². The molecule has 1 aliphatic heterocycles. The predicted octanol–water partition coefficient (Wildman–Crippen LogP) is 4.53. The molecule has 1 spiro atoms. The number of aliphatic imine (C=N–C) groups is 1. The van der Waals surface area contributed by atoms with Crippen LogP contribution < -0.4 is 5.32 Å². The number of nitrogens with one attached hydrogen (secondary N) is 1. The summed E-state index contributed by atoms with van der Waals surface area (Å²) in [6, 6.07) is 6.72. The van der Waals surface area contributed by atoms with Gasteiger partial charge >= 0.3 is 0 Å². The molecule has 2 aliphatic rings. The van der Waals surface area contributed by atoms with Crippen LogP contribution in [-0.2, 0) is 0 Å². The van der Waals surface area contributed by atoms with Gasteiger partial charge in [0.15, 0.2) is 5.17 Å². The van der Waals surface area contributed by atoms with Crippen LogP contribution in [0, 0.1) is 11.7 Å². The van der Waals surface area contributed by atoms with Crippen molar-refractivity contribution < 1.29 is 4.39 Å². The maximum absolute atomic E-state index is 13.0. The van der Waals surface area contributed by atoms with Gasteiger partial charge in [-0.15, -0.1) is 0 Å². The molecule has 3 rings (SSSR count). The number of benzene rings is 1. The van der Waals surface area contributed by atoms with Crippen LogP contribution >= 0.6 is 11.8 Å².